The van der Waals surface area contributed by atoms with E-state index in [4.69, 9.17) is 11.6 Å². The molecule has 1 aliphatic rings. The van der Waals surface area contributed by atoms with Crippen LogP contribution in [0.3, 0.4) is 0 Å². The Morgan fingerprint density at radius 1 is 1.71 bits per heavy atom. The van der Waals surface area contributed by atoms with Gasteiger partial charge in [0, 0.05) is 7.05 Å². The molecule has 0 spiro atoms. The van der Waals surface area contributed by atoms with E-state index in [-0.39, 0.29) is 0 Å². The number of likely N-dealkylation sites (tertiary alicyclic amines) is 1. The van der Waals surface area contributed by atoms with Gasteiger partial charge in [0.15, 0.2) is 0 Å². The zero-order valence-corrected chi connectivity index (χ0v) is 10.7. The third-order valence-electron chi connectivity index (χ3n) is 3.61. The number of aromatic nitrogens is 2. The highest BCUT2D eigenvalue weighted by atomic mass is 35.5. The van der Waals surface area contributed by atoms with Gasteiger partial charge < -0.3 is 9.67 Å². The van der Waals surface area contributed by atoms with E-state index >= 15 is 0 Å². The predicted molar refractivity (Wildman–Crippen MR) is 63.9 cm³/mol. The molecule has 17 heavy (non-hydrogen) atoms. The van der Waals surface area contributed by atoms with E-state index in [0.29, 0.717) is 18.1 Å². The zero-order valence-electron chi connectivity index (χ0n) is 9.98. The second-order valence-electron chi connectivity index (χ2n) is 4.66. The van der Waals surface area contributed by atoms with Crippen LogP contribution in [0.1, 0.15) is 25.6 Å². The van der Waals surface area contributed by atoms with Crippen molar-refractivity contribution in [2.45, 2.75) is 31.8 Å². The van der Waals surface area contributed by atoms with Gasteiger partial charge in [0.2, 0.25) is 0 Å². The lowest BCUT2D eigenvalue weighted by Gasteiger charge is -2.30. The van der Waals surface area contributed by atoms with E-state index in [9.17, 15) is 9.90 Å². The summed E-state index contributed by atoms with van der Waals surface area (Å²) in [5.41, 5.74) is -0.779. The van der Waals surface area contributed by atoms with Crippen LogP contribution in [0.25, 0.3) is 0 Å². The molecule has 0 aliphatic carbocycles. The average Bonchev–Trinajstić information content (AvgIpc) is 2.78. The fourth-order valence-corrected chi connectivity index (χ4v) is 2.40. The maximum Gasteiger partial charge on any atom is 0.323 e. The number of aliphatic carboxylic acids is 1. The molecule has 0 radical (unpaired) electrons. The number of nitrogens with zero attached hydrogens (tertiary/aromatic N) is 3. The molecule has 1 N–H and O–H groups in total. The Bertz CT molecular complexity index is 446. The normalized spacial score (nSPS) is 25.4. The second kappa shape index (κ2) is 4.31. The van der Waals surface area contributed by atoms with Crippen molar-refractivity contribution in [2.75, 3.05) is 6.54 Å². The van der Waals surface area contributed by atoms with Crippen molar-refractivity contribution in [1.82, 2.24) is 14.5 Å². The number of carboxylic acids is 1. The Labute approximate surface area is 105 Å². The summed E-state index contributed by atoms with van der Waals surface area (Å²) in [6, 6.07) is 0. The first-order valence-corrected chi connectivity index (χ1v) is 5.97. The van der Waals surface area contributed by atoms with Gasteiger partial charge in [-0.15, -0.1) is 0 Å². The molecule has 1 fully saturated rings. The maximum atomic E-state index is 11.3. The van der Waals surface area contributed by atoms with Crippen LogP contribution < -0.4 is 0 Å². The van der Waals surface area contributed by atoms with Gasteiger partial charge in [0.05, 0.1) is 12.7 Å². The Morgan fingerprint density at radius 2 is 2.41 bits per heavy atom. The molecule has 5 nitrogen and oxygen atoms in total. The summed E-state index contributed by atoms with van der Waals surface area (Å²) in [6.07, 6.45) is 3.17. The summed E-state index contributed by atoms with van der Waals surface area (Å²) in [5.74, 6) is 0.0275. The van der Waals surface area contributed by atoms with Gasteiger partial charge in [-0.25, -0.2) is 4.98 Å². The number of hydrogen-bond acceptors (Lipinski definition) is 3. The molecule has 94 valence electrons. The highest BCUT2D eigenvalue weighted by Gasteiger charge is 2.43. The molecule has 1 aromatic heterocycles. The Hall–Kier alpha value is -1.07. The molecule has 1 saturated heterocycles. The van der Waals surface area contributed by atoms with Crippen molar-refractivity contribution < 1.29 is 9.90 Å². The molecule has 0 bridgehead atoms. The Balaban J connectivity index is 2.19. The minimum atomic E-state index is -0.779. The highest BCUT2D eigenvalue weighted by Crippen LogP contribution is 2.30. The first-order chi connectivity index (χ1) is 7.95. The number of hydrogen-bond donors (Lipinski definition) is 1. The third-order valence-corrected chi connectivity index (χ3v) is 3.96. The third kappa shape index (κ3) is 2.05. The van der Waals surface area contributed by atoms with Crippen molar-refractivity contribution in [3.8, 4) is 0 Å². The van der Waals surface area contributed by atoms with Crippen LogP contribution in [0.4, 0.5) is 0 Å². The number of halogens is 1. The van der Waals surface area contributed by atoms with Crippen LogP contribution in [0.2, 0.25) is 5.15 Å². The molecule has 1 unspecified atom stereocenters. The number of carbonyl (C=O) groups is 1. The maximum absolute atomic E-state index is 11.3. The lowest BCUT2D eigenvalue weighted by atomic mass is 9.99. The van der Waals surface area contributed by atoms with E-state index < -0.39 is 11.5 Å². The van der Waals surface area contributed by atoms with Gasteiger partial charge in [-0.05, 0) is 26.3 Å². The topological polar surface area (TPSA) is 58.4 Å². The first-order valence-electron chi connectivity index (χ1n) is 5.59. The number of imidazole rings is 1. The Morgan fingerprint density at radius 3 is 2.94 bits per heavy atom. The molecule has 2 heterocycles. The lowest BCUT2D eigenvalue weighted by molar-refractivity contribution is -0.149. The SMILES string of the molecule is Cn1c(Cl)cnc1CN1CCCC1(C)C(=O)O. The standard InChI is InChI=1S/C11H16ClN3O2/c1-11(10(16)17)4-3-5-15(11)7-9-13-6-8(12)14(9)2/h6H,3-5,7H2,1-2H3,(H,16,17). The van der Waals surface area contributed by atoms with E-state index in [1.165, 1.54) is 0 Å². The predicted octanol–water partition coefficient (Wildman–Crippen LogP) is 1.51. The summed E-state index contributed by atoms with van der Waals surface area (Å²) in [6.45, 7) is 3.08. The summed E-state index contributed by atoms with van der Waals surface area (Å²) >= 11 is 5.91. The van der Waals surface area contributed by atoms with E-state index in [2.05, 4.69) is 4.98 Å². The van der Waals surface area contributed by atoms with Crippen molar-refractivity contribution >= 4 is 17.6 Å². The molecule has 1 atom stereocenters. The van der Waals surface area contributed by atoms with E-state index in [0.717, 1.165) is 18.8 Å². The molecule has 0 aromatic carbocycles. The van der Waals surface area contributed by atoms with Crippen LogP contribution in [0, 0.1) is 0 Å². The Kier molecular flexibility index (Phi) is 3.14. The average molecular weight is 258 g/mol. The summed E-state index contributed by atoms with van der Waals surface area (Å²) in [5, 5.41) is 9.87. The van der Waals surface area contributed by atoms with Gasteiger partial charge in [-0.3, -0.25) is 9.69 Å². The second-order valence-corrected chi connectivity index (χ2v) is 5.05. The summed E-state index contributed by atoms with van der Waals surface area (Å²) in [4.78, 5) is 17.5. The van der Waals surface area contributed by atoms with Crippen LogP contribution >= 0.6 is 11.6 Å². The molecule has 1 aliphatic heterocycles. The van der Waals surface area contributed by atoms with E-state index in [1.807, 2.05) is 11.9 Å². The molecule has 6 heteroatoms. The number of rotatable bonds is 3. The monoisotopic (exact) mass is 257 g/mol. The minimum Gasteiger partial charge on any atom is -0.480 e. The molecular weight excluding hydrogens is 242 g/mol. The summed E-state index contributed by atoms with van der Waals surface area (Å²) < 4.78 is 1.78. The van der Waals surface area contributed by atoms with Gasteiger partial charge in [0.1, 0.15) is 16.5 Å². The first kappa shape index (κ1) is 12.4. The molecule has 2 rings (SSSR count). The molecule has 0 amide bonds. The van der Waals surface area contributed by atoms with Crippen LogP contribution in [0.5, 0.6) is 0 Å². The van der Waals surface area contributed by atoms with Gasteiger partial charge in [-0.1, -0.05) is 11.6 Å². The van der Waals surface area contributed by atoms with Crippen molar-refractivity contribution in [3.63, 3.8) is 0 Å². The van der Waals surface area contributed by atoms with Crippen molar-refractivity contribution in [2.24, 2.45) is 7.05 Å². The lowest BCUT2D eigenvalue weighted by Crippen LogP contribution is -2.47. The van der Waals surface area contributed by atoms with Crippen LogP contribution in [-0.4, -0.2) is 37.6 Å². The van der Waals surface area contributed by atoms with Gasteiger partial charge >= 0.3 is 5.97 Å². The largest absolute Gasteiger partial charge is 0.480 e. The minimum absolute atomic E-state index is 0.520. The highest BCUT2D eigenvalue weighted by molar-refractivity contribution is 6.29. The fourth-order valence-electron chi connectivity index (χ4n) is 2.26. The molecular formula is C11H16ClN3O2. The van der Waals surface area contributed by atoms with Crippen molar-refractivity contribution in [1.29, 1.82) is 0 Å². The van der Waals surface area contributed by atoms with Crippen LogP contribution in [0.15, 0.2) is 6.20 Å². The molecule has 1 aromatic rings. The number of carboxylic acid groups (broad SMARTS) is 1. The van der Waals surface area contributed by atoms with Gasteiger partial charge in [-0.2, -0.15) is 0 Å². The summed E-state index contributed by atoms with van der Waals surface area (Å²) in [7, 11) is 1.83. The smallest absolute Gasteiger partial charge is 0.323 e. The quantitative estimate of drug-likeness (QED) is 0.892. The van der Waals surface area contributed by atoms with Gasteiger partial charge in [0.25, 0.3) is 0 Å². The zero-order chi connectivity index (χ0) is 12.6. The van der Waals surface area contributed by atoms with Crippen molar-refractivity contribution in [3.05, 3.63) is 17.2 Å². The molecule has 0 saturated carbocycles. The van der Waals surface area contributed by atoms with E-state index in [1.54, 1.807) is 17.7 Å². The van der Waals surface area contributed by atoms with Crippen LogP contribution in [-0.2, 0) is 18.4 Å². The fraction of sp³-hybridized carbons (Fsp3) is 0.636.